The first-order chi connectivity index (χ1) is 13.4. The molecular formula is C20H20BrClN2O4. The van der Waals surface area contributed by atoms with Crippen molar-refractivity contribution in [2.24, 2.45) is 0 Å². The van der Waals surface area contributed by atoms with Gasteiger partial charge in [0.15, 0.2) is 0 Å². The second-order valence-corrected chi connectivity index (χ2v) is 7.68. The van der Waals surface area contributed by atoms with Crippen LogP contribution in [0.5, 0.6) is 11.5 Å². The van der Waals surface area contributed by atoms with E-state index < -0.39 is 11.6 Å². The van der Waals surface area contributed by atoms with Crippen molar-refractivity contribution in [3.8, 4) is 11.5 Å². The van der Waals surface area contributed by atoms with Crippen LogP contribution >= 0.6 is 27.5 Å². The Morgan fingerprint density at radius 3 is 2.32 bits per heavy atom. The molecule has 1 saturated heterocycles. The predicted octanol–water partition coefficient (Wildman–Crippen LogP) is 4.48. The van der Waals surface area contributed by atoms with Crippen molar-refractivity contribution in [3.63, 3.8) is 0 Å². The number of rotatable bonds is 6. The van der Waals surface area contributed by atoms with Crippen LogP contribution in [0.2, 0.25) is 5.02 Å². The van der Waals surface area contributed by atoms with Gasteiger partial charge in [-0.05, 0) is 52.2 Å². The maximum Gasteiger partial charge on any atom is 0.325 e. The van der Waals surface area contributed by atoms with Gasteiger partial charge in [-0.25, -0.2) is 4.79 Å². The molecule has 2 aromatic carbocycles. The average molecular weight is 468 g/mol. The van der Waals surface area contributed by atoms with Gasteiger partial charge < -0.3 is 14.8 Å². The molecule has 148 valence electrons. The van der Waals surface area contributed by atoms with Gasteiger partial charge in [-0.15, -0.1) is 0 Å². The number of ether oxygens (including phenoxy) is 2. The number of nitrogens with zero attached hydrogens (tertiary/aromatic N) is 1. The van der Waals surface area contributed by atoms with Crippen LogP contribution in [-0.2, 0) is 16.9 Å². The molecule has 0 radical (unpaired) electrons. The number of benzene rings is 2. The Bertz CT molecular complexity index is 919. The highest BCUT2D eigenvalue weighted by molar-refractivity contribution is 9.10. The van der Waals surface area contributed by atoms with Gasteiger partial charge in [0.05, 0.1) is 25.2 Å². The standard InChI is InChI=1S/C20H20BrClN2O4/c1-4-20(13-5-7-14(22)8-6-13)18(25)24(19(26)23-20)11-12-9-17(28-3)15(21)10-16(12)27-2/h5-10H,4,11H2,1-3H3,(H,23,26). The number of hydrogen-bond acceptors (Lipinski definition) is 4. The largest absolute Gasteiger partial charge is 0.496 e. The molecule has 1 atom stereocenters. The molecule has 3 amide bonds. The molecule has 1 heterocycles. The van der Waals surface area contributed by atoms with E-state index in [1.165, 1.54) is 12.0 Å². The minimum Gasteiger partial charge on any atom is -0.496 e. The molecule has 1 N–H and O–H groups in total. The SMILES string of the molecule is CCC1(c2ccc(Cl)cc2)NC(=O)N(Cc2cc(OC)c(Br)cc2OC)C1=O. The number of nitrogens with one attached hydrogen (secondary N) is 1. The summed E-state index contributed by atoms with van der Waals surface area (Å²) < 4.78 is 11.5. The lowest BCUT2D eigenvalue weighted by Gasteiger charge is -2.26. The Morgan fingerprint density at radius 1 is 1.11 bits per heavy atom. The Balaban J connectivity index is 1.97. The van der Waals surface area contributed by atoms with Crippen LogP contribution in [0.4, 0.5) is 4.79 Å². The molecule has 1 aliphatic rings. The molecule has 1 unspecified atom stereocenters. The Kier molecular flexibility index (Phi) is 5.86. The molecule has 28 heavy (non-hydrogen) atoms. The fraction of sp³-hybridized carbons (Fsp3) is 0.300. The van der Waals surface area contributed by atoms with Gasteiger partial charge in [-0.1, -0.05) is 30.7 Å². The summed E-state index contributed by atoms with van der Waals surface area (Å²) in [6.07, 6.45) is 0.413. The highest BCUT2D eigenvalue weighted by atomic mass is 79.9. The van der Waals surface area contributed by atoms with Gasteiger partial charge in [0.25, 0.3) is 5.91 Å². The van der Waals surface area contributed by atoms with Crippen molar-refractivity contribution in [3.05, 3.63) is 57.0 Å². The number of amides is 3. The first-order valence-corrected chi connectivity index (χ1v) is 9.84. The topological polar surface area (TPSA) is 67.9 Å². The van der Waals surface area contributed by atoms with E-state index in [-0.39, 0.29) is 12.5 Å². The zero-order valence-electron chi connectivity index (χ0n) is 15.7. The summed E-state index contributed by atoms with van der Waals surface area (Å²) in [5, 5.41) is 3.43. The van der Waals surface area contributed by atoms with E-state index in [9.17, 15) is 9.59 Å². The van der Waals surface area contributed by atoms with Crippen LogP contribution in [0.25, 0.3) is 0 Å². The number of imide groups is 1. The molecule has 1 aliphatic heterocycles. The van der Waals surface area contributed by atoms with E-state index in [1.807, 2.05) is 6.92 Å². The van der Waals surface area contributed by atoms with E-state index in [2.05, 4.69) is 21.2 Å². The lowest BCUT2D eigenvalue weighted by Crippen LogP contribution is -2.43. The van der Waals surface area contributed by atoms with E-state index in [0.29, 0.717) is 34.1 Å². The zero-order valence-corrected chi connectivity index (χ0v) is 18.1. The second-order valence-electron chi connectivity index (χ2n) is 6.39. The molecule has 0 saturated carbocycles. The Morgan fingerprint density at radius 2 is 1.75 bits per heavy atom. The van der Waals surface area contributed by atoms with Crippen molar-refractivity contribution in [1.82, 2.24) is 10.2 Å². The highest BCUT2D eigenvalue weighted by Gasteiger charge is 2.51. The number of urea groups is 1. The first-order valence-electron chi connectivity index (χ1n) is 8.66. The third-order valence-electron chi connectivity index (χ3n) is 4.93. The number of halogens is 2. The molecule has 2 aromatic rings. The summed E-state index contributed by atoms with van der Waals surface area (Å²) in [5.41, 5.74) is 0.239. The van der Waals surface area contributed by atoms with Gasteiger partial charge in [-0.2, -0.15) is 0 Å². The summed E-state index contributed by atoms with van der Waals surface area (Å²) in [5.74, 6) is 0.822. The van der Waals surface area contributed by atoms with Gasteiger partial charge in [0, 0.05) is 10.6 Å². The van der Waals surface area contributed by atoms with E-state index in [0.717, 1.165) is 4.47 Å². The van der Waals surface area contributed by atoms with Crippen LogP contribution in [-0.4, -0.2) is 31.1 Å². The summed E-state index contributed by atoms with van der Waals surface area (Å²) in [6, 6.07) is 9.98. The third-order valence-corrected chi connectivity index (χ3v) is 5.80. The number of carbonyl (C=O) groups is 2. The van der Waals surface area contributed by atoms with Gasteiger partial charge >= 0.3 is 6.03 Å². The molecule has 8 heteroatoms. The maximum absolute atomic E-state index is 13.3. The second kappa shape index (κ2) is 8.01. The molecule has 0 aliphatic carbocycles. The minimum absolute atomic E-state index is 0.0623. The summed E-state index contributed by atoms with van der Waals surface area (Å²) in [4.78, 5) is 27.2. The molecular weight excluding hydrogens is 448 g/mol. The number of hydrogen-bond donors (Lipinski definition) is 1. The number of methoxy groups -OCH3 is 2. The lowest BCUT2D eigenvalue weighted by atomic mass is 9.87. The van der Waals surface area contributed by atoms with E-state index >= 15 is 0 Å². The third kappa shape index (κ3) is 3.44. The molecule has 6 nitrogen and oxygen atoms in total. The molecule has 1 fully saturated rings. The van der Waals surface area contributed by atoms with E-state index in [1.54, 1.807) is 43.5 Å². The van der Waals surface area contributed by atoms with Gasteiger partial charge in [0.1, 0.15) is 17.0 Å². The molecule has 3 rings (SSSR count). The average Bonchev–Trinajstić information content (AvgIpc) is 2.94. The monoisotopic (exact) mass is 466 g/mol. The zero-order chi connectivity index (χ0) is 20.5. The lowest BCUT2D eigenvalue weighted by molar-refractivity contribution is -0.132. The van der Waals surface area contributed by atoms with Crippen LogP contribution in [0, 0.1) is 0 Å². The molecule has 0 aromatic heterocycles. The highest BCUT2D eigenvalue weighted by Crippen LogP contribution is 2.37. The van der Waals surface area contributed by atoms with Gasteiger partial charge in [-0.3, -0.25) is 9.69 Å². The summed E-state index contributed by atoms with van der Waals surface area (Å²) in [7, 11) is 3.08. The van der Waals surface area contributed by atoms with Crippen LogP contribution in [0.3, 0.4) is 0 Å². The van der Waals surface area contributed by atoms with Crippen molar-refractivity contribution in [2.45, 2.75) is 25.4 Å². The Hall–Kier alpha value is -2.25. The van der Waals surface area contributed by atoms with Crippen molar-refractivity contribution in [2.75, 3.05) is 14.2 Å². The molecule has 0 bridgehead atoms. The fourth-order valence-corrected chi connectivity index (χ4v) is 3.97. The first kappa shape index (κ1) is 20.5. The van der Waals surface area contributed by atoms with Crippen molar-refractivity contribution >= 4 is 39.5 Å². The quantitative estimate of drug-likeness (QED) is 0.636. The van der Waals surface area contributed by atoms with Crippen LogP contribution in [0.1, 0.15) is 24.5 Å². The normalized spacial score (nSPS) is 19.0. The minimum atomic E-state index is -1.12. The van der Waals surface area contributed by atoms with Crippen LogP contribution in [0.15, 0.2) is 40.9 Å². The van der Waals surface area contributed by atoms with Crippen molar-refractivity contribution in [1.29, 1.82) is 0 Å². The van der Waals surface area contributed by atoms with E-state index in [4.69, 9.17) is 21.1 Å². The fourth-order valence-electron chi connectivity index (χ4n) is 3.36. The van der Waals surface area contributed by atoms with Crippen LogP contribution < -0.4 is 14.8 Å². The smallest absolute Gasteiger partial charge is 0.325 e. The Labute approximate surface area is 176 Å². The van der Waals surface area contributed by atoms with Crippen molar-refractivity contribution < 1.29 is 19.1 Å². The summed E-state index contributed by atoms with van der Waals surface area (Å²) in [6.45, 7) is 1.92. The predicted molar refractivity (Wildman–Crippen MR) is 110 cm³/mol. The molecule has 0 spiro atoms. The summed E-state index contributed by atoms with van der Waals surface area (Å²) >= 11 is 9.38. The van der Waals surface area contributed by atoms with Gasteiger partial charge in [0.2, 0.25) is 0 Å². The number of carbonyl (C=O) groups excluding carboxylic acids is 2. The maximum atomic E-state index is 13.3.